The maximum Gasteiger partial charge on any atom is 0.339 e. The summed E-state index contributed by atoms with van der Waals surface area (Å²) in [6.07, 6.45) is 0.436. The largest absolute Gasteiger partial charge is 0.492 e. The molecular weight excluding hydrogens is 386 g/mol. The number of hydrogen-bond donors (Lipinski definition) is 1. The molecule has 0 aliphatic carbocycles. The highest BCUT2D eigenvalue weighted by atomic mass is 35.5. The fraction of sp³-hybridized carbons (Fsp3) is 0.250. The lowest BCUT2D eigenvalue weighted by Gasteiger charge is -2.25. The molecule has 1 atom stereocenters. The fourth-order valence-electron chi connectivity index (χ4n) is 2.95. The molecule has 1 N–H and O–H groups in total. The number of methoxy groups -OCH3 is 2. The molecule has 0 saturated heterocycles. The Morgan fingerprint density at radius 2 is 1.82 bits per heavy atom. The van der Waals surface area contributed by atoms with Crippen LogP contribution in [0, 0.1) is 5.92 Å². The van der Waals surface area contributed by atoms with Crippen LogP contribution in [0.25, 0.3) is 0 Å². The smallest absolute Gasteiger partial charge is 0.339 e. The zero-order valence-corrected chi connectivity index (χ0v) is 16.0. The molecule has 1 heterocycles. The van der Waals surface area contributed by atoms with Gasteiger partial charge in [-0.1, -0.05) is 11.6 Å². The Kier molecular flexibility index (Phi) is 5.84. The van der Waals surface area contributed by atoms with Gasteiger partial charge in [0, 0.05) is 5.02 Å². The minimum absolute atomic E-state index is 0.128. The predicted molar refractivity (Wildman–Crippen MR) is 102 cm³/mol. The third-order valence-corrected chi connectivity index (χ3v) is 4.64. The molecule has 3 rings (SSSR count). The monoisotopic (exact) mass is 403 g/mol. The maximum absolute atomic E-state index is 12.8. The van der Waals surface area contributed by atoms with E-state index in [1.165, 1.54) is 32.4 Å². The molecule has 0 saturated carbocycles. The minimum atomic E-state index is -0.635. The number of fused-ring (bicyclic) bond motifs is 1. The Hall–Kier alpha value is -3.06. The van der Waals surface area contributed by atoms with Gasteiger partial charge in [0.05, 0.1) is 37.0 Å². The molecule has 8 heteroatoms. The van der Waals surface area contributed by atoms with Gasteiger partial charge in [-0.05, 0) is 48.4 Å². The number of nitrogens with one attached hydrogen (secondary N) is 1. The molecule has 0 spiro atoms. The van der Waals surface area contributed by atoms with E-state index in [0.717, 1.165) is 5.56 Å². The van der Waals surface area contributed by atoms with Crippen molar-refractivity contribution in [2.24, 2.45) is 5.92 Å². The Labute approximate surface area is 166 Å². The highest BCUT2D eigenvalue weighted by Gasteiger charge is 2.27. The van der Waals surface area contributed by atoms with Crippen LogP contribution in [0.4, 0.5) is 5.69 Å². The third-order valence-electron chi connectivity index (χ3n) is 4.40. The van der Waals surface area contributed by atoms with Crippen molar-refractivity contribution in [3.05, 3.63) is 58.1 Å². The van der Waals surface area contributed by atoms with Crippen molar-refractivity contribution >= 4 is 35.1 Å². The molecular formula is C20H18ClNO6. The molecule has 1 aliphatic rings. The number of halogens is 1. The molecule has 0 bridgehead atoms. The predicted octanol–water partition coefficient (Wildman–Crippen LogP) is 3.10. The van der Waals surface area contributed by atoms with E-state index in [4.69, 9.17) is 21.1 Å². The standard InChI is InChI=1S/C20H18ClNO6/c1-26-19(24)11-3-5-15(20(25)27-2)16(9-11)22-18(23)13-7-12-8-14(21)4-6-17(12)28-10-13/h3-6,8-9,13H,7,10H2,1-2H3,(H,22,23). The Morgan fingerprint density at radius 1 is 1.07 bits per heavy atom. The number of rotatable bonds is 4. The van der Waals surface area contributed by atoms with E-state index >= 15 is 0 Å². The van der Waals surface area contributed by atoms with Crippen LogP contribution in [0.15, 0.2) is 36.4 Å². The summed E-state index contributed by atoms with van der Waals surface area (Å²) >= 11 is 6.01. The molecule has 1 amide bonds. The number of carbonyl (C=O) groups is 3. The first-order chi connectivity index (χ1) is 13.4. The van der Waals surface area contributed by atoms with Gasteiger partial charge >= 0.3 is 11.9 Å². The van der Waals surface area contributed by atoms with Gasteiger partial charge in [0.2, 0.25) is 5.91 Å². The molecule has 1 aliphatic heterocycles. The van der Waals surface area contributed by atoms with Crippen LogP contribution in [0.5, 0.6) is 5.75 Å². The Morgan fingerprint density at radius 3 is 2.54 bits per heavy atom. The highest BCUT2D eigenvalue weighted by molar-refractivity contribution is 6.30. The number of esters is 2. The summed E-state index contributed by atoms with van der Waals surface area (Å²) in [7, 11) is 2.48. The van der Waals surface area contributed by atoms with E-state index in [-0.39, 0.29) is 29.3 Å². The molecule has 2 aromatic rings. The lowest BCUT2D eigenvalue weighted by Crippen LogP contribution is -2.33. The number of amides is 1. The summed E-state index contributed by atoms with van der Waals surface area (Å²) in [5.41, 5.74) is 1.32. The maximum atomic E-state index is 12.8. The molecule has 28 heavy (non-hydrogen) atoms. The fourth-order valence-corrected chi connectivity index (χ4v) is 3.14. The van der Waals surface area contributed by atoms with Crippen molar-refractivity contribution < 1.29 is 28.6 Å². The summed E-state index contributed by atoms with van der Waals surface area (Å²) in [6.45, 7) is 0.185. The topological polar surface area (TPSA) is 90.9 Å². The average Bonchev–Trinajstić information content (AvgIpc) is 2.71. The van der Waals surface area contributed by atoms with Gasteiger partial charge in [0.15, 0.2) is 0 Å². The summed E-state index contributed by atoms with van der Waals surface area (Å²) in [6, 6.07) is 9.46. The molecule has 0 radical (unpaired) electrons. The molecule has 7 nitrogen and oxygen atoms in total. The van der Waals surface area contributed by atoms with Crippen LogP contribution in [-0.2, 0) is 20.7 Å². The molecule has 146 valence electrons. The van der Waals surface area contributed by atoms with E-state index < -0.39 is 17.9 Å². The Balaban J connectivity index is 1.84. The second-order valence-electron chi connectivity index (χ2n) is 6.20. The first-order valence-electron chi connectivity index (χ1n) is 8.45. The van der Waals surface area contributed by atoms with Crippen molar-refractivity contribution in [3.63, 3.8) is 0 Å². The van der Waals surface area contributed by atoms with Crippen LogP contribution in [-0.4, -0.2) is 38.7 Å². The quantitative estimate of drug-likeness (QED) is 0.789. The van der Waals surface area contributed by atoms with Crippen LogP contribution >= 0.6 is 11.6 Å². The lowest BCUT2D eigenvalue weighted by atomic mass is 9.95. The molecule has 0 aromatic heterocycles. The highest BCUT2D eigenvalue weighted by Crippen LogP contribution is 2.30. The number of hydrogen-bond acceptors (Lipinski definition) is 6. The van der Waals surface area contributed by atoms with Gasteiger partial charge in [0.25, 0.3) is 0 Å². The first-order valence-corrected chi connectivity index (χ1v) is 8.83. The van der Waals surface area contributed by atoms with Gasteiger partial charge in [-0.15, -0.1) is 0 Å². The zero-order chi connectivity index (χ0) is 20.3. The zero-order valence-electron chi connectivity index (χ0n) is 15.3. The second kappa shape index (κ2) is 8.31. The van der Waals surface area contributed by atoms with Gasteiger partial charge < -0.3 is 19.5 Å². The number of ether oxygens (including phenoxy) is 3. The van der Waals surface area contributed by atoms with E-state index in [1.807, 2.05) is 0 Å². The van der Waals surface area contributed by atoms with Gasteiger partial charge in [-0.3, -0.25) is 4.79 Å². The van der Waals surface area contributed by atoms with Crippen LogP contribution in [0.3, 0.4) is 0 Å². The average molecular weight is 404 g/mol. The van der Waals surface area contributed by atoms with Crippen molar-refractivity contribution in [1.29, 1.82) is 0 Å². The third kappa shape index (κ3) is 4.09. The number of anilines is 1. The van der Waals surface area contributed by atoms with E-state index in [1.54, 1.807) is 18.2 Å². The van der Waals surface area contributed by atoms with E-state index in [2.05, 4.69) is 10.1 Å². The molecule has 0 fully saturated rings. The summed E-state index contributed by atoms with van der Waals surface area (Å²) in [4.78, 5) is 36.6. The van der Waals surface area contributed by atoms with Crippen LogP contribution < -0.4 is 10.1 Å². The van der Waals surface area contributed by atoms with Crippen molar-refractivity contribution in [2.75, 3.05) is 26.1 Å². The van der Waals surface area contributed by atoms with E-state index in [9.17, 15) is 14.4 Å². The van der Waals surface area contributed by atoms with Crippen LogP contribution in [0.1, 0.15) is 26.3 Å². The Bertz CT molecular complexity index is 942. The number of benzene rings is 2. The van der Waals surface area contributed by atoms with Gasteiger partial charge in [-0.2, -0.15) is 0 Å². The van der Waals surface area contributed by atoms with Gasteiger partial charge in [0.1, 0.15) is 12.4 Å². The van der Waals surface area contributed by atoms with Crippen molar-refractivity contribution in [1.82, 2.24) is 0 Å². The number of carbonyl (C=O) groups excluding carboxylic acids is 3. The summed E-state index contributed by atoms with van der Waals surface area (Å²) in [5.74, 6) is -1.37. The summed E-state index contributed by atoms with van der Waals surface area (Å²) in [5, 5.41) is 3.26. The minimum Gasteiger partial charge on any atom is -0.492 e. The second-order valence-corrected chi connectivity index (χ2v) is 6.63. The molecule has 2 aromatic carbocycles. The van der Waals surface area contributed by atoms with Gasteiger partial charge in [-0.25, -0.2) is 9.59 Å². The van der Waals surface area contributed by atoms with Crippen molar-refractivity contribution in [3.8, 4) is 5.75 Å². The molecule has 1 unspecified atom stereocenters. The lowest BCUT2D eigenvalue weighted by molar-refractivity contribution is -0.121. The summed E-state index contributed by atoms with van der Waals surface area (Å²) < 4.78 is 15.1. The van der Waals surface area contributed by atoms with Crippen molar-refractivity contribution in [2.45, 2.75) is 6.42 Å². The normalized spacial score (nSPS) is 15.0. The van der Waals surface area contributed by atoms with Crippen LogP contribution in [0.2, 0.25) is 5.02 Å². The SMILES string of the molecule is COC(=O)c1ccc(C(=O)OC)c(NC(=O)C2COc3ccc(Cl)cc3C2)c1. The first kappa shape index (κ1) is 19.7. The van der Waals surface area contributed by atoms with E-state index in [0.29, 0.717) is 17.2 Å².